The molecular weight excluding hydrogens is 216 g/mol. The number of fused-ring (bicyclic) bond motifs is 1. The van der Waals surface area contributed by atoms with Gasteiger partial charge in [0.2, 0.25) is 0 Å². The van der Waals surface area contributed by atoms with Crippen LogP contribution in [0.1, 0.15) is 15.9 Å². The maximum Gasteiger partial charge on any atom is 0.251 e. The lowest BCUT2D eigenvalue weighted by Gasteiger charge is -2.10. The van der Waals surface area contributed by atoms with E-state index < -0.39 is 0 Å². The fourth-order valence-electron chi connectivity index (χ4n) is 1.82. The molecule has 1 heterocycles. The topological polar surface area (TPSA) is 41.6 Å². The van der Waals surface area contributed by atoms with Gasteiger partial charge in [-0.1, -0.05) is 0 Å². The highest BCUT2D eigenvalue weighted by Crippen LogP contribution is 2.25. The number of amides is 1. The first-order valence-electron chi connectivity index (χ1n) is 5.85. The van der Waals surface area contributed by atoms with E-state index in [1.807, 2.05) is 37.2 Å². The molecule has 17 heavy (non-hydrogen) atoms. The third-order valence-corrected chi connectivity index (χ3v) is 2.80. The molecule has 4 heteroatoms. The van der Waals surface area contributed by atoms with Gasteiger partial charge in [0.15, 0.2) is 0 Å². The molecule has 2 rings (SSSR count). The Morgan fingerprint density at radius 3 is 3.06 bits per heavy atom. The number of rotatable bonds is 4. The predicted molar refractivity (Wildman–Crippen MR) is 66.5 cm³/mol. The first-order chi connectivity index (χ1) is 8.16. The van der Waals surface area contributed by atoms with E-state index in [4.69, 9.17) is 4.74 Å². The molecule has 4 nitrogen and oxygen atoms in total. The smallest absolute Gasteiger partial charge is 0.251 e. The maximum absolute atomic E-state index is 11.9. The summed E-state index contributed by atoms with van der Waals surface area (Å²) in [5.41, 5.74) is 1.85. The minimum atomic E-state index is -0.0125. The van der Waals surface area contributed by atoms with Crippen molar-refractivity contribution in [2.75, 3.05) is 33.8 Å². The number of carbonyl (C=O) groups excluding carboxylic acids is 1. The molecule has 1 amide bonds. The van der Waals surface area contributed by atoms with Gasteiger partial charge in [0.05, 0.1) is 6.61 Å². The molecule has 0 atom stereocenters. The molecule has 0 aliphatic carbocycles. The van der Waals surface area contributed by atoms with Gasteiger partial charge in [0.1, 0.15) is 5.75 Å². The van der Waals surface area contributed by atoms with Gasteiger partial charge in [-0.3, -0.25) is 4.79 Å². The van der Waals surface area contributed by atoms with E-state index >= 15 is 0 Å². The summed E-state index contributed by atoms with van der Waals surface area (Å²) < 4.78 is 5.41. The van der Waals surface area contributed by atoms with E-state index in [0.717, 1.165) is 30.9 Å². The standard InChI is InChI=1S/C13H18N2O2/c1-15(2)7-6-14-13(16)11-3-4-12-10(9-11)5-8-17-12/h3-4,9H,5-8H2,1-2H3,(H,14,16). The molecule has 0 saturated carbocycles. The second-order valence-corrected chi connectivity index (χ2v) is 4.48. The molecule has 1 N–H and O–H groups in total. The molecule has 1 aliphatic heterocycles. The van der Waals surface area contributed by atoms with Crippen molar-refractivity contribution in [1.82, 2.24) is 10.2 Å². The van der Waals surface area contributed by atoms with Crippen molar-refractivity contribution in [3.05, 3.63) is 29.3 Å². The van der Waals surface area contributed by atoms with Crippen LogP contribution in [-0.2, 0) is 6.42 Å². The molecule has 1 aliphatic rings. The van der Waals surface area contributed by atoms with E-state index in [9.17, 15) is 4.79 Å². The predicted octanol–water partition coefficient (Wildman–Crippen LogP) is 0.913. The second-order valence-electron chi connectivity index (χ2n) is 4.48. The van der Waals surface area contributed by atoms with E-state index in [2.05, 4.69) is 5.32 Å². The normalized spacial score (nSPS) is 13.4. The molecule has 0 radical (unpaired) electrons. The summed E-state index contributed by atoms with van der Waals surface area (Å²) in [6.45, 7) is 2.24. The Bertz CT molecular complexity index is 416. The zero-order valence-corrected chi connectivity index (χ0v) is 10.3. The van der Waals surface area contributed by atoms with Crippen molar-refractivity contribution in [2.45, 2.75) is 6.42 Å². The first kappa shape index (κ1) is 11.9. The van der Waals surface area contributed by atoms with E-state index in [0.29, 0.717) is 12.1 Å². The Labute approximate surface area is 102 Å². The third-order valence-electron chi connectivity index (χ3n) is 2.80. The molecule has 1 aromatic carbocycles. The van der Waals surface area contributed by atoms with Crippen LogP contribution in [0.2, 0.25) is 0 Å². The molecular formula is C13H18N2O2. The zero-order valence-electron chi connectivity index (χ0n) is 10.3. The van der Waals surface area contributed by atoms with Crippen molar-refractivity contribution in [3.8, 4) is 5.75 Å². The Morgan fingerprint density at radius 2 is 2.29 bits per heavy atom. The fourth-order valence-corrected chi connectivity index (χ4v) is 1.82. The number of hydrogen-bond donors (Lipinski definition) is 1. The Kier molecular flexibility index (Phi) is 3.64. The maximum atomic E-state index is 11.9. The van der Waals surface area contributed by atoms with E-state index in [1.54, 1.807) is 0 Å². The molecule has 92 valence electrons. The second kappa shape index (κ2) is 5.19. The highest BCUT2D eigenvalue weighted by Gasteiger charge is 2.14. The first-order valence-corrected chi connectivity index (χ1v) is 5.85. The quantitative estimate of drug-likeness (QED) is 0.842. The lowest BCUT2D eigenvalue weighted by molar-refractivity contribution is 0.0951. The van der Waals surface area contributed by atoms with Crippen LogP contribution < -0.4 is 10.1 Å². The molecule has 1 aromatic rings. The van der Waals surface area contributed by atoms with Gasteiger partial charge in [-0.25, -0.2) is 0 Å². The molecule has 0 spiro atoms. The lowest BCUT2D eigenvalue weighted by Crippen LogP contribution is -2.31. The van der Waals surface area contributed by atoms with Crippen molar-refractivity contribution in [3.63, 3.8) is 0 Å². The van der Waals surface area contributed by atoms with Crippen molar-refractivity contribution in [1.29, 1.82) is 0 Å². The minimum absolute atomic E-state index is 0.0125. The van der Waals surface area contributed by atoms with Crippen LogP contribution in [0.5, 0.6) is 5.75 Å². The van der Waals surface area contributed by atoms with Gasteiger partial charge in [0, 0.05) is 25.1 Å². The van der Waals surface area contributed by atoms with Gasteiger partial charge in [0.25, 0.3) is 5.91 Å². The van der Waals surface area contributed by atoms with E-state index in [-0.39, 0.29) is 5.91 Å². The summed E-state index contributed by atoms with van der Waals surface area (Å²) in [6, 6.07) is 5.62. The van der Waals surface area contributed by atoms with Crippen LogP contribution in [0.15, 0.2) is 18.2 Å². The molecule has 0 fully saturated rings. The van der Waals surface area contributed by atoms with Crippen LogP contribution in [0, 0.1) is 0 Å². The Hall–Kier alpha value is -1.55. The summed E-state index contributed by atoms with van der Waals surface area (Å²) in [5.74, 6) is 0.899. The highest BCUT2D eigenvalue weighted by molar-refractivity contribution is 5.94. The number of likely N-dealkylation sites (N-methyl/N-ethyl adjacent to an activating group) is 1. The minimum Gasteiger partial charge on any atom is -0.493 e. The average Bonchev–Trinajstić information content (AvgIpc) is 2.75. The lowest BCUT2D eigenvalue weighted by atomic mass is 10.1. The summed E-state index contributed by atoms with van der Waals surface area (Å²) >= 11 is 0. The van der Waals surface area contributed by atoms with Crippen molar-refractivity contribution >= 4 is 5.91 Å². The zero-order chi connectivity index (χ0) is 12.3. The summed E-state index contributed by atoms with van der Waals surface area (Å²) in [4.78, 5) is 13.9. The number of carbonyl (C=O) groups is 1. The molecule has 0 saturated heterocycles. The van der Waals surface area contributed by atoms with Crippen LogP contribution in [0.3, 0.4) is 0 Å². The average molecular weight is 234 g/mol. The summed E-state index contributed by atoms with van der Waals surface area (Å²) in [6.07, 6.45) is 0.897. The van der Waals surface area contributed by atoms with Gasteiger partial charge in [-0.15, -0.1) is 0 Å². The van der Waals surface area contributed by atoms with Crippen LogP contribution >= 0.6 is 0 Å². The van der Waals surface area contributed by atoms with Gasteiger partial charge < -0.3 is 15.0 Å². The molecule has 0 bridgehead atoms. The highest BCUT2D eigenvalue weighted by atomic mass is 16.5. The van der Waals surface area contributed by atoms with Crippen LogP contribution in [0.4, 0.5) is 0 Å². The fraction of sp³-hybridized carbons (Fsp3) is 0.462. The Morgan fingerprint density at radius 1 is 1.47 bits per heavy atom. The number of ether oxygens (including phenoxy) is 1. The van der Waals surface area contributed by atoms with Crippen molar-refractivity contribution < 1.29 is 9.53 Å². The van der Waals surface area contributed by atoms with Gasteiger partial charge >= 0.3 is 0 Å². The SMILES string of the molecule is CN(C)CCNC(=O)c1ccc2c(c1)CCO2. The molecule has 0 aromatic heterocycles. The third kappa shape index (κ3) is 2.97. The van der Waals surface area contributed by atoms with Gasteiger partial charge in [-0.05, 0) is 37.9 Å². The van der Waals surface area contributed by atoms with Crippen molar-refractivity contribution in [2.24, 2.45) is 0 Å². The molecule has 0 unspecified atom stereocenters. The summed E-state index contributed by atoms with van der Waals surface area (Å²) in [5, 5.41) is 2.90. The van der Waals surface area contributed by atoms with Crippen LogP contribution in [-0.4, -0.2) is 44.6 Å². The monoisotopic (exact) mass is 234 g/mol. The number of hydrogen-bond acceptors (Lipinski definition) is 3. The number of nitrogens with zero attached hydrogens (tertiary/aromatic N) is 1. The largest absolute Gasteiger partial charge is 0.493 e. The van der Waals surface area contributed by atoms with E-state index in [1.165, 1.54) is 0 Å². The number of nitrogens with one attached hydrogen (secondary N) is 1. The van der Waals surface area contributed by atoms with Gasteiger partial charge in [-0.2, -0.15) is 0 Å². The number of benzene rings is 1. The van der Waals surface area contributed by atoms with Crippen LogP contribution in [0.25, 0.3) is 0 Å². The Balaban J connectivity index is 1.95. The summed E-state index contributed by atoms with van der Waals surface area (Å²) in [7, 11) is 3.97.